The Morgan fingerprint density at radius 3 is 2.50 bits per heavy atom. The Kier molecular flexibility index (Phi) is 4.19. The van der Waals surface area contributed by atoms with Crippen molar-refractivity contribution in [1.29, 1.82) is 0 Å². The van der Waals surface area contributed by atoms with Gasteiger partial charge in [-0.05, 0) is 47.6 Å². The average molecular weight is 228 g/mol. The van der Waals surface area contributed by atoms with Gasteiger partial charge in [0.2, 0.25) is 0 Å². The smallest absolute Gasteiger partial charge is 0.410 e. The number of rotatable bonds is 1. The number of amides is 1. The lowest BCUT2D eigenvalue weighted by Crippen LogP contribution is -2.50. The van der Waals surface area contributed by atoms with Gasteiger partial charge in [-0.25, -0.2) is 4.79 Å². The van der Waals surface area contributed by atoms with Crippen LogP contribution in [0.4, 0.5) is 4.79 Å². The molecule has 0 aromatic rings. The largest absolute Gasteiger partial charge is 0.444 e. The van der Waals surface area contributed by atoms with Crippen LogP contribution in [-0.2, 0) is 4.74 Å². The van der Waals surface area contributed by atoms with Crippen LogP contribution < -0.4 is 5.32 Å². The van der Waals surface area contributed by atoms with E-state index in [9.17, 15) is 4.79 Å². The monoisotopic (exact) mass is 228 g/mol. The van der Waals surface area contributed by atoms with Crippen molar-refractivity contribution >= 4 is 6.09 Å². The molecule has 0 bridgehead atoms. The molecule has 1 fully saturated rings. The molecule has 0 aromatic carbocycles. The van der Waals surface area contributed by atoms with Crippen LogP contribution in [0.2, 0.25) is 0 Å². The normalized spacial score (nSPS) is 26.7. The van der Waals surface area contributed by atoms with Crippen molar-refractivity contribution in [3.05, 3.63) is 0 Å². The summed E-state index contributed by atoms with van der Waals surface area (Å²) in [5.41, 5.74) is -0.406. The predicted octanol–water partition coefficient (Wildman–Crippen LogP) is 1.99. The third-order valence-electron chi connectivity index (χ3n) is 2.91. The summed E-state index contributed by atoms with van der Waals surface area (Å²) in [6, 6.07) is 0.773. The number of hydrogen-bond acceptors (Lipinski definition) is 3. The predicted molar refractivity (Wildman–Crippen MR) is 64.5 cm³/mol. The SMILES string of the molecule is CNC1CCN(C(=O)OC(C)(C)C)C(C)C1. The molecule has 16 heavy (non-hydrogen) atoms. The zero-order chi connectivity index (χ0) is 12.3. The fourth-order valence-corrected chi connectivity index (χ4v) is 2.03. The lowest BCUT2D eigenvalue weighted by Gasteiger charge is -2.38. The number of carbonyl (C=O) groups is 1. The molecule has 1 N–H and O–H groups in total. The first-order valence-electron chi connectivity index (χ1n) is 6.00. The van der Waals surface area contributed by atoms with E-state index >= 15 is 0 Å². The summed E-state index contributed by atoms with van der Waals surface area (Å²) in [5.74, 6) is 0. The fourth-order valence-electron chi connectivity index (χ4n) is 2.03. The Hall–Kier alpha value is -0.770. The molecule has 0 aromatic heterocycles. The molecule has 2 unspecified atom stereocenters. The highest BCUT2D eigenvalue weighted by atomic mass is 16.6. The molecule has 94 valence electrons. The van der Waals surface area contributed by atoms with Gasteiger partial charge >= 0.3 is 6.09 Å². The second kappa shape index (κ2) is 5.04. The van der Waals surface area contributed by atoms with Crippen molar-refractivity contribution < 1.29 is 9.53 Å². The van der Waals surface area contributed by atoms with Crippen LogP contribution in [0.15, 0.2) is 0 Å². The molecule has 1 aliphatic rings. The highest BCUT2D eigenvalue weighted by Gasteiger charge is 2.30. The molecule has 0 saturated carbocycles. The standard InChI is InChI=1S/C12H24N2O2/c1-9-8-10(13-5)6-7-14(9)11(15)16-12(2,3)4/h9-10,13H,6-8H2,1-5H3. The number of ether oxygens (including phenoxy) is 1. The van der Waals surface area contributed by atoms with Crippen LogP contribution in [0.5, 0.6) is 0 Å². The van der Waals surface area contributed by atoms with Gasteiger partial charge in [-0.15, -0.1) is 0 Å². The average Bonchev–Trinajstić information content (AvgIpc) is 2.14. The maximum Gasteiger partial charge on any atom is 0.410 e. The Morgan fingerprint density at radius 2 is 2.06 bits per heavy atom. The van der Waals surface area contributed by atoms with Gasteiger partial charge in [-0.3, -0.25) is 0 Å². The number of nitrogens with zero attached hydrogens (tertiary/aromatic N) is 1. The van der Waals surface area contributed by atoms with E-state index in [4.69, 9.17) is 4.74 Å². The van der Waals surface area contributed by atoms with Crippen LogP contribution in [-0.4, -0.2) is 42.3 Å². The molecule has 1 amide bonds. The number of hydrogen-bond donors (Lipinski definition) is 1. The molecular weight excluding hydrogens is 204 g/mol. The van der Waals surface area contributed by atoms with Crippen LogP contribution in [0.3, 0.4) is 0 Å². The van der Waals surface area contributed by atoms with Crippen LogP contribution >= 0.6 is 0 Å². The van der Waals surface area contributed by atoms with Gasteiger partial charge in [0.1, 0.15) is 5.60 Å². The summed E-state index contributed by atoms with van der Waals surface area (Å²) in [5, 5.41) is 3.26. The van der Waals surface area contributed by atoms with Gasteiger partial charge in [0, 0.05) is 18.6 Å². The third kappa shape index (κ3) is 3.67. The van der Waals surface area contributed by atoms with Gasteiger partial charge in [0.05, 0.1) is 0 Å². The van der Waals surface area contributed by atoms with E-state index in [2.05, 4.69) is 12.2 Å². The first-order chi connectivity index (χ1) is 7.33. The lowest BCUT2D eigenvalue weighted by molar-refractivity contribution is 0.00965. The van der Waals surface area contributed by atoms with Crippen molar-refractivity contribution in [2.24, 2.45) is 0 Å². The van der Waals surface area contributed by atoms with Crippen LogP contribution in [0.25, 0.3) is 0 Å². The first-order valence-corrected chi connectivity index (χ1v) is 6.00. The summed E-state index contributed by atoms with van der Waals surface area (Å²) in [6.45, 7) is 8.55. The number of piperidine rings is 1. The van der Waals surface area contributed by atoms with Crippen molar-refractivity contribution in [2.75, 3.05) is 13.6 Å². The van der Waals surface area contributed by atoms with Crippen molar-refractivity contribution in [1.82, 2.24) is 10.2 Å². The Morgan fingerprint density at radius 1 is 1.44 bits per heavy atom. The highest BCUT2D eigenvalue weighted by molar-refractivity contribution is 5.68. The van der Waals surface area contributed by atoms with Crippen LogP contribution in [0, 0.1) is 0 Å². The van der Waals surface area contributed by atoms with E-state index in [0.29, 0.717) is 6.04 Å². The number of carbonyl (C=O) groups excluding carboxylic acids is 1. The van der Waals surface area contributed by atoms with E-state index in [1.54, 1.807) is 0 Å². The highest BCUT2D eigenvalue weighted by Crippen LogP contribution is 2.20. The van der Waals surface area contributed by atoms with Gasteiger partial charge in [-0.1, -0.05) is 0 Å². The molecule has 0 radical (unpaired) electrons. The molecule has 2 atom stereocenters. The summed E-state index contributed by atoms with van der Waals surface area (Å²) in [7, 11) is 1.97. The van der Waals surface area contributed by atoms with Crippen LogP contribution in [0.1, 0.15) is 40.5 Å². The van der Waals surface area contributed by atoms with Gasteiger partial charge in [0.15, 0.2) is 0 Å². The summed E-state index contributed by atoms with van der Waals surface area (Å²) >= 11 is 0. The van der Waals surface area contributed by atoms with Gasteiger partial charge in [-0.2, -0.15) is 0 Å². The Labute approximate surface area is 98.3 Å². The maximum atomic E-state index is 11.9. The van der Waals surface area contributed by atoms with E-state index in [1.165, 1.54) is 0 Å². The summed E-state index contributed by atoms with van der Waals surface area (Å²) in [6.07, 6.45) is 1.81. The first kappa shape index (κ1) is 13.3. The quantitative estimate of drug-likeness (QED) is 0.746. The second-order valence-corrected chi connectivity index (χ2v) is 5.53. The fraction of sp³-hybridized carbons (Fsp3) is 0.917. The van der Waals surface area contributed by atoms with E-state index in [-0.39, 0.29) is 12.1 Å². The molecule has 0 aliphatic carbocycles. The minimum Gasteiger partial charge on any atom is -0.444 e. The van der Waals surface area contributed by atoms with E-state index in [0.717, 1.165) is 19.4 Å². The minimum absolute atomic E-state index is 0.186. The zero-order valence-electron chi connectivity index (χ0n) is 11.0. The Bertz CT molecular complexity index is 248. The summed E-state index contributed by atoms with van der Waals surface area (Å²) in [4.78, 5) is 13.7. The van der Waals surface area contributed by atoms with Gasteiger partial charge < -0.3 is 15.0 Å². The zero-order valence-corrected chi connectivity index (χ0v) is 11.0. The van der Waals surface area contributed by atoms with Gasteiger partial charge in [0.25, 0.3) is 0 Å². The lowest BCUT2D eigenvalue weighted by atomic mass is 9.99. The van der Waals surface area contributed by atoms with E-state index in [1.807, 2.05) is 32.7 Å². The van der Waals surface area contributed by atoms with Crippen molar-refractivity contribution in [3.63, 3.8) is 0 Å². The van der Waals surface area contributed by atoms with E-state index < -0.39 is 5.60 Å². The topological polar surface area (TPSA) is 41.6 Å². The Balaban J connectivity index is 2.52. The molecule has 1 aliphatic heterocycles. The number of nitrogens with one attached hydrogen (secondary N) is 1. The second-order valence-electron chi connectivity index (χ2n) is 5.53. The summed E-state index contributed by atoms with van der Waals surface area (Å²) < 4.78 is 5.38. The van der Waals surface area contributed by atoms with Crippen molar-refractivity contribution in [2.45, 2.75) is 58.2 Å². The molecule has 0 spiro atoms. The maximum absolute atomic E-state index is 11.9. The third-order valence-corrected chi connectivity index (χ3v) is 2.91. The minimum atomic E-state index is -0.406. The molecule has 1 saturated heterocycles. The molecule has 1 heterocycles. The molecule has 1 rings (SSSR count). The molecular formula is C12H24N2O2. The molecule has 4 heteroatoms. The number of likely N-dealkylation sites (tertiary alicyclic amines) is 1. The molecule has 4 nitrogen and oxygen atoms in total. The van der Waals surface area contributed by atoms with Crippen molar-refractivity contribution in [3.8, 4) is 0 Å².